The summed E-state index contributed by atoms with van der Waals surface area (Å²) in [5, 5.41) is 19.6. The summed E-state index contributed by atoms with van der Waals surface area (Å²) < 4.78 is 39.1. The number of aliphatic hydroxyl groups is 1. The molecule has 1 aromatic rings. The predicted octanol–water partition coefficient (Wildman–Crippen LogP) is 0.701. The summed E-state index contributed by atoms with van der Waals surface area (Å²) in [6.45, 7) is 2.36. The zero-order valence-electron chi connectivity index (χ0n) is 10.3. The van der Waals surface area contributed by atoms with Gasteiger partial charge in [0.05, 0.1) is 15.9 Å². The van der Waals surface area contributed by atoms with E-state index in [2.05, 4.69) is 4.72 Å². The fourth-order valence-corrected chi connectivity index (χ4v) is 2.55. The number of sulfonamides is 1. The van der Waals surface area contributed by atoms with Gasteiger partial charge in [-0.1, -0.05) is 0 Å². The van der Waals surface area contributed by atoms with Gasteiger partial charge in [-0.2, -0.15) is 4.39 Å². The van der Waals surface area contributed by atoms with Crippen LogP contribution in [0.4, 0.5) is 10.1 Å². The van der Waals surface area contributed by atoms with Gasteiger partial charge in [0, 0.05) is 12.6 Å². The number of rotatable bonds is 5. The van der Waals surface area contributed by atoms with E-state index >= 15 is 0 Å². The monoisotopic (exact) mass is 292 g/mol. The normalized spacial score (nSPS) is 13.3. The summed E-state index contributed by atoms with van der Waals surface area (Å²) >= 11 is 0. The second-order valence-corrected chi connectivity index (χ2v) is 5.80. The molecule has 1 aromatic carbocycles. The Hall–Kier alpha value is -1.58. The average molecular weight is 292 g/mol. The van der Waals surface area contributed by atoms with Gasteiger partial charge in [-0.05, 0) is 25.5 Å². The molecule has 0 aromatic heterocycles. The lowest BCUT2D eigenvalue weighted by molar-refractivity contribution is -0.387. The maximum atomic E-state index is 13.4. The molecule has 1 rings (SSSR count). The minimum absolute atomic E-state index is 0.147. The van der Waals surface area contributed by atoms with E-state index in [1.807, 2.05) is 0 Å². The number of hydrogen-bond donors (Lipinski definition) is 2. The van der Waals surface area contributed by atoms with Crippen molar-refractivity contribution >= 4 is 15.7 Å². The Morgan fingerprint density at radius 1 is 1.53 bits per heavy atom. The van der Waals surface area contributed by atoms with Crippen LogP contribution in [0.15, 0.2) is 17.0 Å². The van der Waals surface area contributed by atoms with E-state index in [4.69, 9.17) is 5.11 Å². The number of nitro benzene ring substituents is 1. The van der Waals surface area contributed by atoms with Crippen LogP contribution in [-0.4, -0.2) is 31.1 Å². The van der Waals surface area contributed by atoms with E-state index in [-0.39, 0.29) is 12.1 Å². The summed E-state index contributed by atoms with van der Waals surface area (Å²) in [7, 11) is -4.03. The Bertz CT molecular complexity index is 600. The molecular weight excluding hydrogens is 279 g/mol. The molecule has 0 bridgehead atoms. The highest BCUT2D eigenvalue weighted by atomic mass is 32.2. The summed E-state index contributed by atoms with van der Waals surface area (Å²) in [5.74, 6) is -1.07. The Morgan fingerprint density at radius 3 is 2.58 bits per heavy atom. The van der Waals surface area contributed by atoms with Crippen LogP contribution in [0.2, 0.25) is 0 Å². The number of benzene rings is 1. The van der Waals surface area contributed by atoms with Gasteiger partial charge in [-0.25, -0.2) is 13.1 Å². The van der Waals surface area contributed by atoms with Crippen LogP contribution in [0.1, 0.15) is 12.5 Å². The van der Waals surface area contributed by atoms with E-state index in [9.17, 15) is 22.9 Å². The molecule has 2 N–H and O–H groups in total. The minimum Gasteiger partial charge on any atom is -0.392 e. The Labute approximate surface area is 109 Å². The molecule has 0 heterocycles. The van der Waals surface area contributed by atoms with Crippen LogP contribution >= 0.6 is 0 Å². The van der Waals surface area contributed by atoms with E-state index < -0.39 is 37.5 Å². The number of nitrogens with one attached hydrogen (secondary N) is 1. The van der Waals surface area contributed by atoms with Gasteiger partial charge in [0.1, 0.15) is 0 Å². The second kappa shape index (κ2) is 5.59. The third-order valence-electron chi connectivity index (χ3n) is 2.28. The van der Waals surface area contributed by atoms with Gasteiger partial charge >= 0.3 is 5.69 Å². The molecule has 0 saturated heterocycles. The molecule has 0 amide bonds. The molecule has 0 spiro atoms. The average Bonchev–Trinajstić information content (AvgIpc) is 2.29. The standard InChI is InChI=1S/C10H13FN2O5S/c1-6-3-8(4-9(10(6)11)13(15)16)19(17,18)12-5-7(2)14/h3-4,7,12,14H,5H2,1-2H3. The molecule has 0 fully saturated rings. The van der Waals surface area contributed by atoms with Gasteiger partial charge in [0.2, 0.25) is 15.8 Å². The van der Waals surface area contributed by atoms with Gasteiger partial charge in [-0.3, -0.25) is 10.1 Å². The van der Waals surface area contributed by atoms with Gasteiger partial charge in [0.15, 0.2) is 0 Å². The maximum absolute atomic E-state index is 13.4. The molecule has 0 saturated carbocycles. The number of hydrogen-bond acceptors (Lipinski definition) is 5. The van der Waals surface area contributed by atoms with Crippen molar-refractivity contribution in [1.82, 2.24) is 4.72 Å². The third kappa shape index (κ3) is 3.69. The molecule has 7 nitrogen and oxygen atoms in total. The maximum Gasteiger partial charge on any atom is 0.306 e. The molecule has 0 aliphatic carbocycles. The van der Waals surface area contributed by atoms with Crippen molar-refractivity contribution in [1.29, 1.82) is 0 Å². The van der Waals surface area contributed by atoms with E-state index in [1.54, 1.807) is 0 Å². The molecular formula is C10H13FN2O5S. The fraction of sp³-hybridized carbons (Fsp3) is 0.400. The molecule has 0 radical (unpaired) electrons. The van der Waals surface area contributed by atoms with Crippen LogP contribution in [0.5, 0.6) is 0 Å². The van der Waals surface area contributed by atoms with Crippen LogP contribution in [0.25, 0.3) is 0 Å². The number of nitro groups is 1. The largest absolute Gasteiger partial charge is 0.392 e. The van der Waals surface area contributed by atoms with E-state index in [0.29, 0.717) is 6.07 Å². The summed E-state index contributed by atoms with van der Waals surface area (Å²) in [6, 6.07) is 1.64. The lowest BCUT2D eigenvalue weighted by Gasteiger charge is -2.09. The molecule has 1 atom stereocenters. The molecule has 106 valence electrons. The first-order chi connectivity index (χ1) is 8.65. The quantitative estimate of drug-likeness (QED) is 0.613. The lowest BCUT2D eigenvalue weighted by atomic mass is 10.2. The summed E-state index contributed by atoms with van der Waals surface area (Å²) in [6.07, 6.45) is -0.911. The number of aliphatic hydroxyl groups excluding tert-OH is 1. The highest BCUT2D eigenvalue weighted by Gasteiger charge is 2.23. The second-order valence-electron chi connectivity index (χ2n) is 4.03. The number of halogens is 1. The molecule has 9 heteroatoms. The molecule has 0 aliphatic rings. The van der Waals surface area contributed by atoms with Crippen molar-refractivity contribution in [2.24, 2.45) is 0 Å². The lowest BCUT2D eigenvalue weighted by Crippen LogP contribution is -2.30. The van der Waals surface area contributed by atoms with Crippen LogP contribution in [0.3, 0.4) is 0 Å². The highest BCUT2D eigenvalue weighted by Crippen LogP contribution is 2.24. The molecule has 1 unspecified atom stereocenters. The topological polar surface area (TPSA) is 110 Å². The first-order valence-corrected chi connectivity index (χ1v) is 6.75. The summed E-state index contributed by atoms with van der Waals surface area (Å²) in [4.78, 5) is 9.22. The first kappa shape index (κ1) is 15.5. The predicted molar refractivity (Wildman–Crippen MR) is 64.7 cm³/mol. The first-order valence-electron chi connectivity index (χ1n) is 5.27. The minimum atomic E-state index is -4.03. The van der Waals surface area contributed by atoms with Crippen molar-refractivity contribution in [2.75, 3.05) is 6.54 Å². The van der Waals surface area contributed by atoms with Crippen molar-refractivity contribution < 1.29 is 22.8 Å². The zero-order chi connectivity index (χ0) is 14.8. The molecule has 19 heavy (non-hydrogen) atoms. The van der Waals surface area contributed by atoms with Crippen molar-refractivity contribution in [3.63, 3.8) is 0 Å². The third-order valence-corrected chi connectivity index (χ3v) is 3.69. The van der Waals surface area contributed by atoms with Gasteiger partial charge in [0.25, 0.3) is 0 Å². The number of nitrogens with zero attached hydrogens (tertiary/aromatic N) is 1. The van der Waals surface area contributed by atoms with E-state index in [1.165, 1.54) is 13.8 Å². The SMILES string of the molecule is Cc1cc(S(=O)(=O)NCC(C)O)cc([N+](=O)[O-])c1F. The van der Waals surface area contributed by atoms with E-state index in [0.717, 1.165) is 6.07 Å². The smallest absolute Gasteiger partial charge is 0.306 e. The Kier molecular flexibility index (Phi) is 4.56. The zero-order valence-corrected chi connectivity index (χ0v) is 11.1. The van der Waals surface area contributed by atoms with Crippen molar-refractivity contribution in [3.8, 4) is 0 Å². The Morgan fingerprint density at radius 2 is 2.11 bits per heavy atom. The van der Waals surface area contributed by atoms with Crippen molar-refractivity contribution in [2.45, 2.75) is 24.8 Å². The van der Waals surface area contributed by atoms with Crippen LogP contribution in [-0.2, 0) is 10.0 Å². The highest BCUT2D eigenvalue weighted by molar-refractivity contribution is 7.89. The fourth-order valence-electron chi connectivity index (χ4n) is 1.32. The van der Waals surface area contributed by atoms with Gasteiger partial charge < -0.3 is 5.11 Å². The van der Waals surface area contributed by atoms with Crippen LogP contribution < -0.4 is 4.72 Å². The molecule has 0 aliphatic heterocycles. The number of aryl methyl sites for hydroxylation is 1. The summed E-state index contributed by atoms with van der Waals surface area (Å²) in [5.41, 5.74) is -1.05. The van der Waals surface area contributed by atoms with Crippen molar-refractivity contribution in [3.05, 3.63) is 33.6 Å². The van der Waals surface area contributed by atoms with Gasteiger partial charge in [-0.15, -0.1) is 0 Å². The van der Waals surface area contributed by atoms with Crippen LogP contribution in [0, 0.1) is 22.9 Å². The Balaban J connectivity index is 3.25.